The lowest BCUT2D eigenvalue weighted by molar-refractivity contribution is -0.131. The van der Waals surface area contributed by atoms with E-state index >= 15 is 0 Å². The molecule has 8 rings (SSSR count). The number of hydrogen-bond acceptors (Lipinski definition) is 9. The van der Waals surface area contributed by atoms with Crippen LogP contribution in [0.1, 0.15) is 69.9 Å². The summed E-state index contributed by atoms with van der Waals surface area (Å²) in [4.78, 5) is 64.0. The Hall–Kier alpha value is -6.38. The van der Waals surface area contributed by atoms with Crippen LogP contribution in [0.2, 0.25) is 0 Å². The Labute approximate surface area is 388 Å². The Bertz CT molecular complexity index is 2660. The first-order chi connectivity index (χ1) is 31.7. The number of pyridine rings is 1. The Morgan fingerprint density at radius 2 is 1.70 bits per heavy atom. The number of aliphatic hydroxyl groups excluding tert-OH is 1. The number of hydrogen-bond donors (Lipinski definition) is 4. The van der Waals surface area contributed by atoms with Gasteiger partial charge in [-0.15, -0.1) is 6.58 Å². The van der Waals surface area contributed by atoms with Gasteiger partial charge in [-0.3, -0.25) is 19.1 Å². The smallest absolute Gasteiger partial charge is 0.318 e. The fourth-order valence-electron chi connectivity index (χ4n) is 9.44. The molecule has 2 aliphatic carbocycles. The SMILES string of the molecule is C=CC1C[C@]1(NC(=O)[C@@H]1C[C@@H](Oc2cc(-c3ccccc3)nc3cc(OC)ccc23)CN1C(=O)N[C@H](C(=O)CCCC1c2ccccc2C[C@H]1O)C(C)(C)C)C(=O)NS(=O)c1ccccc1. The lowest BCUT2D eigenvalue weighted by Crippen LogP contribution is -2.59. The van der Waals surface area contributed by atoms with Crippen molar-refractivity contribution in [2.45, 2.75) is 99.9 Å². The van der Waals surface area contributed by atoms with Crippen molar-refractivity contribution in [1.29, 1.82) is 0 Å². The lowest BCUT2D eigenvalue weighted by Gasteiger charge is -2.33. The molecular formula is C52H57N5O8S. The van der Waals surface area contributed by atoms with Crippen LogP contribution in [-0.2, 0) is 31.8 Å². The van der Waals surface area contributed by atoms with E-state index in [9.17, 15) is 28.5 Å². The van der Waals surface area contributed by atoms with Gasteiger partial charge in [0.05, 0.1) is 41.9 Å². The van der Waals surface area contributed by atoms with Crippen LogP contribution in [0.3, 0.4) is 0 Å². The van der Waals surface area contributed by atoms with E-state index in [0.29, 0.717) is 52.3 Å². The molecule has 3 unspecified atom stereocenters. The van der Waals surface area contributed by atoms with Crippen molar-refractivity contribution in [2.75, 3.05) is 13.7 Å². The highest BCUT2D eigenvalue weighted by molar-refractivity contribution is 7.83. The second-order valence-corrected chi connectivity index (χ2v) is 19.8. The highest BCUT2D eigenvalue weighted by Crippen LogP contribution is 2.45. The summed E-state index contributed by atoms with van der Waals surface area (Å²) in [6.07, 6.45) is 2.51. The van der Waals surface area contributed by atoms with Crippen molar-refractivity contribution in [3.63, 3.8) is 0 Å². The van der Waals surface area contributed by atoms with Gasteiger partial charge in [-0.1, -0.05) is 99.6 Å². The van der Waals surface area contributed by atoms with E-state index in [1.807, 2.05) is 99.6 Å². The molecule has 0 bridgehead atoms. The van der Waals surface area contributed by atoms with Crippen LogP contribution in [0.25, 0.3) is 22.2 Å². The number of ether oxygens (including phenoxy) is 2. The second-order valence-electron chi connectivity index (χ2n) is 18.6. The zero-order valence-corrected chi connectivity index (χ0v) is 38.5. The van der Waals surface area contributed by atoms with Gasteiger partial charge >= 0.3 is 6.03 Å². The highest BCUT2D eigenvalue weighted by atomic mass is 32.2. The van der Waals surface area contributed by atoms with Crippen molar-refractivity contribution in [3.8, 4) is 22.8 Å². The number of aliphatic hydroxyl groups is 1. The molecule has 4 aromatic carbocycles. The number of likely N-dealkylation sites (tertiary alicyclic amines) is 1. The first-order valence-corrected chi connectivity index (χ1v) is 23.6. The van der Waals surface area contributed by atoms with E-state index in [1.54, 1.807) is 43.5 Å². The van der Waals surface area contributed by atoms with Crippen molar-refractivity contribution in [2.24, 2.45) is 11.3 Å². The molecule has 1 aliphatic heterocycles. The van der Waals surface area contributed by atoms with Crippen LogP contribution in [-0.4, -0.2) is 86.3 Å². The molecule has 2 fully saturated rings. The van der Waals surface area contributed by atoms with Crippen molar-refractivity contribution in [3.05, 3.63) is 133 Å². The highest BCUT2D eigenvalue weighted by Gasteiger charge is 2.61. The van der Waals surface area contributed by atoms with Gasteiger partial charge in [0, 0.05) is 47.8 Å². The summed E-state index contributed by atoms with van der Waals surface area (Å²) < 4.78 is 28.1. The summed E-state index contributed by atoms with van der Waals surface area (Å²) in [6, 6.07) is 30.7. The Morgan fingerprint density at radius 1 is 0.985 bits per heavy atom. The van der Waals surface area contributed by atoms with E-state index in [-0.39, 0.29) is 37.5 Å². The van der Waals surface area contributed by atoms with Gasteiger partial charge in [0.15, 0.2) is 16.8 Å². The molecule has 4 amide bonds. The number of nitrogens with zero attached hydrogens (tertiary/aromatic N) is 2. The number of amides is 4. The van der Waals surface area contributed by atoms with Gasteiger partial charge in [-0.2, -0.15) is 0 Å². The number of rotatable bonds is 16. The number of Topliss-reactive ketones (excluding diaryl/α,β-unsaturated/α-hetero) is 1. The zero-order valence-electron chi connectivity index (χ0n) is 37.7. The third kappa shape index (κ3) is 9.75. The molecule has 13 nitrogen and oxygen atoms in total. The third-order valence-corrected chi connectivity index (χ3v) is 14.2. The maximum absolute atomic E-state index is 14.7. The van der Waals surface area contributed by atoms with Crippen LogP contribution in [0.15, 0.2) is 127 Å². The first kappa shape index (κ1) is 46.2. The minimum absolute atomic E-state index is 0.0311. The molecule has 4 N–H and O–H groups in total. The van der Waals surface area contributed by atoms with Crippen molar-refractivity contribution in [1.82, 2.24) is 25.2 Å². The number of fused-ring (bicyclic) bond motifs is 2. The number of carbonyl (C=O) groups excluding carboxylic acids is 4. The number of benzene rings is 4. The normalized spacial score (nSPS) is 23.0. The van der Waals surface area contributed by atoms with Gasteiger partial charge in [0.1, 0.15) is 29.2 Å². The van der Waals surface area contributed by atoms with Crippen molar-refractivity contribution >= 4 is 45.5 Å². The number of carbonyl (C=O) groups is 4. The molecule has 0 spiro atoms. The predicted molar refractivity (Wildman–Crippen MR) is 253 cm³/mol. The minimum Gasteiger partial charge on any atom is -0.497 e. The number of nitrogens with one attached hydrogen (secondary N) is 3. The van der Waals surface area contributed by atoms with Crippen molar-refractivity contribution < 1.29 is 38.0 Å². The Morgan fingerprint density at radius 3 is 2.39 bits per heavy atom. The van der Waals surface area contributed by atoms with Crippen LogP contribution in [0, 0.1) is 11.3 Å². The number of aromatic nitrogens is 1. The van der Waals surface area contributed by atoms with Gasteiger partial charge < -0.3 is 30.1 Å². The maximum Gasteiger partial charge on any atom is 0.318 e. The number of methoxy groups -OCH3 is 1. The standard InChI is InChI=1S/C52H57N5O8S/c1-6-34-30-52(34,49(61)56-66(63)37-19-11-8-12-20-37)55-48(60)43-28-36(65-46-29-41(32-16-9-7-10-17-32)53-42-27-35(64-5)24-25-40(42)46)31-57(43)50(62)54-47(51(2,3)4)44(58)23-15-22-39-38-21-14-13-18-33(38)26-45(39)59/h6-14,16-21,24-25,27,29,34,36,39,43,45,47,59H,1,15,22-23,26,28,30-31H2,2-5H3,(H,54,62)(H,55,60)(H,56,61)/t34?,36-,39?,43+,45-,47-,52-,66?/m1/s1. The van der Waals surface area contributed by atoms with Gasteiger partial charge in [0.25, 0.3) is 5.91 Å². The molecule has 1 aromatic heterocycles. The molecule has 0 radical (unpaired) electrons. The molecule has 14 heteroatoms. The van der Waals surface area contributed by atoms with E-state index in [2.05, 4.69) is 21.9 Å². The van der Waals surface area contributed by atoms with Crippen LogP contribution in [0.5, 0.6) is 11.5 Å². The van der Waals surface area contributed by atoms with Crippen LogP contribution >= 0.6 is 0 Å². The molecule has 2 heterocycles. The second kappa shape index (κ2) is 19.2. The largest absolute Gasteiger partial charge is 0.497 e. The summed E-state index contributed by atoms with van der Waals surface area (Å²) in [5.41, 5.74) is 2.21. The lowest BCUT2D eigenvalue weighted by atomic mass is 9.82. The molecule has 8 atom stereocenters. The van der Waals surface area contributed by atoms with E-state index in [0.717, 1.165) is 16.7 Å². The van der Waals surface area contributed by atoms with Crippen LogP contribution < -0.4 is 24.8 Å². The summed E-state index contributed by atoms with van der Waals surface area (Å²) >= 11 is 0. The summed E-state index contributed by atoms with van der Waals surface area (Å²) in [5.74, 6) is -0.836. The van der Waals surface area contributed by atoms with E-state index < -0.39 is 70.0 Å². The van der Waals surface area contributed by atoms with E-state index in [4.69, 9.17) is 14.5 Å². The molecule has 66 heavy (non-hydrogen) atoms. The summed E-state index contributed by atoms with van der Waals surface area (Å²) in [6.45, 7) is 9.49. The predicted octanol–water partition coefficient (Wildman–Crippen LogP) is 7.20. The molecular weight excluding hydrogens is 855 g/mol. The van der Waals surface area contributed by atoms with Gasteiger partial charge in [-0.05, 0) is 66.5 Å². The number of urea groups is 1. The molecule has 344 valence electrons. The Kier molecular flexibility index (Phi) is 13.4. The zero-order chi connectivity index (χ0) is 46.8. The first-order valence-electron chi connectivity index (χ1n) is 22.5. The summed E-state index contributed by atoms with van der Waals surface area (Å²) in [5, 5.41) is 17.5. The quantitative estimate of drug-likeness (QED) is 0.0747. The monoisotopic (exact) mass is 911 g/mol. The fourth-order valence-corrected chi connectivity index (χ4v) is 10.3. The molecule has 1 saturated carbocycles. The van der Waals surface area contributed by atoms with Crippen LogP contribution in [0.4, 0.5) is 4.79 Å². The van der Waals surface area contributed by atoms with Gasteiger partial charge in [-0.25, -0.2) is 14.0 Å². The van der Waals surface area contributed by atoms with Gasteiger partial charge in [0.2, 0.25) is 5.91 Å². The third-order valence-electron chi connectivity index (χ3n) is 13.1. The molecule has 5 aromatic rings. The minimum atomic E-state index is -1.90. The average Bonchev–Trinajstić information content (AvgIpc) is 3.71. The maximum atomic E-state index is 14.7. The van der Waals surface area contributed by atoms with E-state index in [1.165, 1.54) is 4.90 Å². The molecule has 1 saturated heterocycles. The Balaban J connectivity index is 1.05. The number of ketones is 1. The average molecular weight is 912 g/mol. The summed E-state index contributed by atoms with van der Waals surface area (Å²) in [7, 11) is -0.318. The topological polar surface area (TPSA) is 176 Å². The fraction of sp³-hybridized carbons (Fsp3) is 0.365. The molecule has 3 aliphatic rings.